The Morgan fingerprint density at radius 2 is 1.81 bits per heavy atom. The van der Waals surface area contributed by atoms with Gasteiger partial charge in [-0.05, 0) is 39.2 Å². The van der Waals surface area contributed by atoms with Crippen LogP contribution in [0.4, 0.5) is 0 Å². The number of hydrogen-bond donors (Lipinski definition) is 0. The monoisotopic (exact) mass is 312 g/mol. The van der Waals surface area contributed by atoms with E-state index in [0.717, 1.165) is 14.9 Å². The molecule has 0 atom stereocenters. The van der Waals surface area contributed by atoms with Gasteiger partial charge in [-0.1, -0.05) is 13.8 Å². The van der Waals surface area contributed by atoms with Gasteiger partial charge in [0.05, 0.1) is 8.66 Å². The van der Waals surface area contributed by atoms with Crippen molar-refractivity contribution in [2.24, 2.45) is 0 Å². The topological polar surface area (TPSA) is 17.1 Å². The van der Waals surface area contributed by atoms with Gasteiger partial charge in [-0.15, -0.1) is 22.7 Å². The predicted octanol–water partition coefficient (Wildman–Crippen LogP) is 4.69. The van der Waals surface area contributed by atoms with Crippen molar-refractivity contribution in [3.63, 3.8) is 0 Å². The Labute approximate surface area is 110 Å². The maximum Gasteiger partial charge on any atom is 0.160 e. The van der Waals surface area contributed by atoms with Crippen LogP contribution in [-0.4, -0.2) is 6.29 Å². The fourth-order valence-electron chi connectivity index (χ4n) is 2.24. The number of carbonyl (C=O) groups is 1. The minimum absolute atomic E-state index is 0.0327. The summed E-state index contributed by atoms with van der Waals surface area (Å²) in [6, 6.07) is 4.24. The number of halogens is 1. The average Bonchev–Trinajstić information content (AvgIpc) is 2.83. The second-order valence-corrected chi connectivity index (χ2v) is 7.94. The quantitative estimate of drug-likeness (QED) is 0.698. The Balaban J connectivity index is 2.34. The highest BCUT2D eigenvalue weighted by atomic mass is 79.9. The van der Waals surface area contributed by atoms with Crippen molar-refractivity contribution in [1.82, 2.24) is 0 Å². The van der Waals surface area contributed by atoms with Gasteiger partial charge in [0, 0.05) is 15.2 Å². The summed E-state index contributed by atoms with van der Waals surface area (Å²) in [6.45, 7) is 4.44. The molecule has 0 saturated heterocycles. The van der Waals surface area contributed by atoms with E-state index in [9.17, 15) is 4.79 Å². The molecule has 0 radical (unpaired) electrons. The first kappa shape index (κ1) is 10.7. The van der Waals surface area contributed by atoms with Crippen LogP contribution in [0.5, 0.6) is 0 Å². The van der Waals surface area contributed by atoms with Gasteiger partial charge in [-0.25, -0.2) is 0 Å². The molecule has 1 aliphatic carbocycles. The summed E-state index contributed by atoms with van der Waals surface area (Å²) in [5, 5.41) is 0. The second kappa shape index (κ2) is 3.28. The van der Waals surface area contributed by atoms with Crippen LogP contribution in [0.25, 0.3) is 9.75 Å². The summed E-state index contributed by atoms with van der Waals surface area (Å²) in [5.41, 5.74) is 2.71. The van der Waals surface area contributed by atoms with Crippen LogP contribution in [0.15, 0.2) is 15.9 Å². The molecular weight excluding hydrogens is 304 g/mol. The minimum Gasteiger partial charge on any atom is -0.297 e. The molecule has 0 spiro atoms. The van der Waals surface area contributed by atoms with Crippen LogP contribution in [0.1, 0.15) is 34.6 Å². The summed E-state index contributed by atoms with van der Waals surface area (Å²) in [6.07, 6.45) is 0.946. The van der Waals surface area contributed by atoms with Gasteiger partial charge in [0.25, 0.3) is 0 Å². The number of rotatable bonds is 1. The molecule has 0 aromatic carbocycles. The van der Waals surface area contributed by atoms with E-state index in [-0.39, 0.29) is 5.41 Å². The predicted molar refractivity (Wildman–Crippen MR) is 72.8 cm³/mol. The van der Waals surface area contributed by atoms with E-state index in [4.69, 9.17) is 0 Å². The highest BCUT2D eigenvalue weighted by Crippen LogP contribution is 2.55. The highest BCUT2D eigenvalue weighted by molar-refractivity contribution is 9.11. The van der Waals surface area contributed by atoms with Gasteiger partial charge in [0.2, 0.25) is 0 Å². The molecule has 82 valence electrons. The lowest BCUT2D eigenvalue weighted by Gasteiger charge is -2.18. The molecule has 0 N–H and O–H groups in total. The number of thiophene rings is 2. The number of hydrogen-bond acceptors (Lipinski definition) is 3. The summed E-state index contributed by atoms with van der Waals surface area (Å²) < 4.78 is 1.16. The molecule has 0 unspecified atom stereocenters. The van der Waals surface area contributed by atoms with Gasteiger partial charge in [-0.3, -0.25) is 4.79 Å². The molecular formula is C12H9BrOS2. The van der Waals surface area contributed by atoms with Gasteiger partial charge in [0.1, 0.15) is 0 Å². The van der Waals surface area contributed by atoms with Crippen molar-refractivity contribution in [3.05, 3.63) is 31.9 Å². The van der Waals surface area contributed by atoms with E-state index in [2.05, 4.69) is 35.8 Å². The van der Waals surface area contributed by atoms with E-state index in [1.165, 1.54) is 20.9 Å². The van der Waals surface area contributed by atoms with Crippen molar-refractivity contribution >= 4 is 44.9 Å². The fraction of sp³-hybridized carbons (Fsp3) is 0.250. The largest absolute Gasteiger partial charge is 0.297 e. The minimum atomic E-state index is 0.0327. The van der Waals surface area contributed by atoms with Crippen LogP contribution in [0.2, 0.25) is 0 Å². The zero-order valence-electron chi connectivity index (χ0n) is 8.83. The highest BCUT2D eigenvalue weighted by Gasteiger charge is 2.38. The average molecular weight is 313 g/mol. The molecule has 2 aromatic rings. The van der Waals surface area contributed by atoms with Gasteiger partial charge >= 0.3 is 0 Å². The lowest BCUT2D eigenvalue weighted by atomic mass is 9.84. The molecule has 3 rings (SSSR count). The summed E-state index contributed by atoms with van der Waals surface area (Å²) in [4.78, 5) is 14.3. The third-order valence-electron chi connectivity index (χ3n) is 3.12. The summed E-state index contributed by atoms with van der Waals surface area (Å²) >= 11 is 6.90. The smallest absolute Gasteiger partial charge is 0.160 e. The van der Waals surface area contributed by atoms with Crippen LogP contribution in [-0.2, 0) is 5.41 Å². The molecule has 0 bridgehead atoms. The van der Waals surface area contributed by atoms with Crippen molar-refractivity contribution in [2.75, 3.05) is 0 Å². The molecule has 0 aliphatic heterocycles. The molecule has 16 heavy (non-hydrogen) atoms. The fourth-order valence-corrected chi connectivity index (χ4v) is 5.29. The molecule has 1 nitrogen and oxygen atoms in total. The molecule has 0 fully saturated rings. The maximum atomic E-state index is 10.8. The molecule has 0 saturated carbocycles. The van der Waals surface area contributed by atoms with Crippen LogP contribution < -0.4 is 0 Å². The molecule has 2 aromatic heterocycles. The Kier molecular flexibility index (Phi) is 2.19. The zero-order chi connectivity index (χ0) is 11.5. The van der Waals surface area contributed by atoms with E-state index in [0.29, 0.717) is 0 Å². The summed E-state index contributed by atoms with van der Waals surface area (Å²) in [5.74, 6) is 0. The Morgan fingerprint density at radius 3 is 2.50 bits per heavy atom. The van der Waals surface area contributed by atoms with Crippen LogP contribution in [0, 0.1) is 0 Å². The lowest BCUT2D eigenvalue weighted by Crippen LogP contribution is -2.13. The first-order valence-electron chi connectivity index (χ1n) is 4.93. The standard InChI is InChI=1S/C12H9BrOS2/c1-12(2)7-3-6(5-14)15-10(7)11-8(12)4-9(13)16-11/h3-5H,1-2H3. The summed E-state index contributed by atoms with van der Waals surface area (Å²) in [7, 11) is 0. The number of carbonyl (C=O) groups excluding carboxylic acids is 1. The molecule has 1 aliphatic rings. The molecule has 4 heteroatoms. The van der Waals surface area contributed by atoms with Gasteiger partial charge in [0.15, 0.2) is 6.29 Å². The third-order valence-corrected chi connectivity index (χ3v) is 5.98. The number of aldehydes is 1. The maximum absolute atomic E-state index is 10.8. The number of fused-ring (bicyclic) bond motifs is 3. The van der Waals surface area contributed by atoms with E-state index in [1.54, 1.807) is 22.7 Å². The van der Waals surface area contributed by atoms with Crippen LogP contribution in [0.3, 0.4) is 0 Å². The SMILES string of the molecule is CC1(C)c2cc(Br)sc2-c2sc(C=O)cc21. The Morgan fingerprint density at radius 1 is 1.19 bits per heavy atom. The normalized spacial score (nSPS) is 15.9. The van der Waals surface area contributed by atoms with Crippen molar-refractivity contribution in [2.45, 2.75) is 19.3 Å². The second-order valence-electron chi connectivity index (χ2n) is 4.43. The van der Waals surface area contributed by atoms with E-state index >= 15 is 0 Å². The lowest BCUT2D eigenvalue weighted by molar-refractivity contribution is 0.112. The van der Waals surface area contributed by atoms with Gasteiger partial charge < -0.3 is 0 Å². The molecule has 0 amide bonds. The van der Waals surface area contributed by atoms with Crippen LogP contribution >= 0.6 is 38.6 Å². The van der Waals surface area contributed by atoms with E-state index < -0.39 is 0 Å². The van der Waals surface area contributed by atoms with E-state index in [1.807, 2.05) is 6.07 Å². The zero-order valence-corrected chi connectivity index (χ0v) is 12.1. The third kappa shape index (κ3) is 1.24. The van der Waals surface area contributed by atoms with Crippen molar-refractivity contribution < 1.29 is 4.79 Å². The first-order valence-corrected chi connectivity index (χ1v) is 7.36. The first-order chi connectivity index (χ1) is 7.54. The van der Waals surface area contributed by atoms with Gasteiger partial charge in [-0.2, -0.15) is 0 Å². The Bertz CT molecular complexity index is 592. The molecule has 2 heterocycles. The Hall–Kier alpha value is -0.450. The van der Waals surface area contributed by atoms with Crippen molar-refractivity contribution in [3.8, 4) is 9.75 Å². The van der Waals surface area contributed by atoms with Crippen molar-refractivity contribution in [1.29, 1.82) is 0 Å².